The van der Waals surface area contributed by atoms with Crippen molar-refractivity contribution >= 4 is 52.5 Å². The van der Waals surface area contributed by atoms with Crippen LogP contribution in [0.2, 0.25) is 10.0 Å². The number of halogens is 2. The molecule has 12 nitrogen and oxygen atoms in total. The first-order chi connectivity index (χ1) is 20.6. The molecule has 4 aromatic rings. The minimum Gasteiger partial charge on any atom is -0.465 e. The van der Waals surface area contributed by atoms with Gasteiger partial charge in [-0.2, -0.15) is 5.10 Å². The maximum atomic E-state index is 13.0. The normalized spacial score (nSPS) is 10.6. The second-order valence-corrected chi connectivity index (χ2v) is 9.79. The molecule has 3 amide bonds. The van der Waals surface area contributed by atoms with Gasteiger partial charge in [0.2, 0.25) is 0 Å². The SMILES string of the molecule is CCn1nc(-c2cccc(-c3cc(C(=O)NCCO)cc(C(=O)OC)c3)c2)cc(NC(=O)Nc2c(Cl)cncc2Cl)c1=O. The van der Waals surface area contributed by atoms with Gasteiger partial charge in [-0.15, -0.1) is 0 Å². The van der Waals surface area contributed by atoms with Crippen LogP contribution < -0.4 is 21.5 Å². The van der Waals surface area contributed by atoms with Gasteiger partial charge in [-0.1, -0.05) is 41.4 Å². The van der Waals surface area contributed by atoms with Crippen LogP contribution in [0.3, 0.4) is 0 Å². The van der Waals surface area contributed by atoms with Crippen molar-refractivity contribution in [3.63, 3.8) is 0 Å². The molecule has 2 aromatic carbocycles. The number of benzene rings is 2. The van der Waals surface area contributed by atoms with E-state index in [9.17, 15) is 19.2 Å². The molecule has 0 radical (unpaired) electrons. The maximum Gasteiger partial charge on any atom is 0.337 e. The lowest BCUT2D eigenvalue weighted by Gasteiger charge is -2.13. The van der Waals surface area contributed by atoms with E-state index in [1.807, 2.05) is 0 Å². The summed E-state index contributed by atoms with van der Waals surface area (Å²) in [5.41, 5.74) is 2.01. The summed E-state index contributed by atoms with van der Waals surface area (Å²) < 4.78 is 6.06. The summed E-state index contributed by atoms with van der Waals surface area (Å²) in [6.45, 7) is 1.75. The number of hydrogen-bond acceptors (Lipinski definition) is 8. The number of pyridine rings is 1. The molecule has 0 saturated heterocycles. The summed E-state index contributed by atoms with van der Waals surface area (Å²) in [6, 6.07) is 12.3. The minimum absolute atomic E-state index is 0.0436. The Morgan fingerprint density at radius 3 is 2.33 bits per heavy atom. The smallest absolute Gasteiger partial charge is 0.337 e. The molecule has 2 heterocycles. The van der Waals surface area contributed by atoms with E-state index in [0.29, 0.717) is 22.4 Å². The number of anilines is 2. The molecule has 0 fully saturated rings. The summed E-state index contributed by atoms with van der Waals surface area (Å²) >= 11 is 12.2. The number of aliphatic hydroxyl groups is 1. The van der Waals surface area contributed by atoms with E-state index in [0.717, 1.165) is 0 Å². The predicted molar refractivity (Wildman–Crippen MR) is 163 cm³/mol. The van der Waals surface area contributed by atoms with Gasteiger partial charge in [-0.05, 0) is 48.4 Å². The van der Waals surface area contributed by atoms with Gasteiger partial charge >= 0.3 is 12.0 Å². The summed E-state index contributed by atoms with van der Waals surface area (Å²) in [7, 11) is 1.24. The Morgan fingerprint density at radius 2 is 1.65 bits per heavy atom. The van der Waals surface area contributed by atoms with Gasteiger partial charge in [0.1, 0.15) is 5.69 Å². The average Bonchev–Trinajstić information content (AvgIpc) is 3.02. The van der Waals surface area contributed by atoms with Crippen molar-refractivity contribution < 1.29 is 24.2 Å². The van der Waals surface area contributed by atoms with E-state index in [4.69, 9.17) is 33.0 Å². The van der Waals surface area contributed by atoms with Crippen molar-refractivity contribution in [2.75, 3.05) is 30.9 Å². The van der Waals surface area contributed by atoms with Crippen LogP contribution >= 0.6 is 23.2 Å². The van der Waals surface area contributed by atoms with Crippen LogP contribution in [0.5, 0.6) is 0 Å². The number of carbonyl (C=O) groups excluding carboxylic acids is 3. The number of aryl methyl sites for hydroxylation is 1. The lowest BCUT2D eigenvalue weighted by Crippen LogP contribution is -2.29. The van der Waals surface area contributed by atoms with Gasteiger partial charge in [0.25, 0.3) is 11.5 Å². The number of nitrogens with one attached hydrogen (secondary N) is 3. The molecule has 0 bridgehead atoms. The number of rotatable bonds is 9. The first-order valence-electron chi connectivity index (χ1n) is 12.9. The third-order valence-electron chi connectivity index (χ3n) is 6.12. The number of nitrogens with zero attached hydrogens (tertiary/aromatic N) is 3. The van der Waals surface area contributed by atoms with Crippen molar-refractivity contribution in [2.45, 2.75) is 13.5 Å². The molecule has 222 valence electrons. The zero-order valence-electron chi connectivity index (χ0n) is 23.0. The molecule has 4 N–H and O–H groups in total. The van der Waals surface area contributed by atoms with E-state index in [1.54, 1.807) is 43.3 Å². The Morgan fingerprint density at radius 1 is 0.953 bits per heavy atom. The fraction of sp³-hybridized carbons (Fsp3) is 0.172. The Labute approximate surface area is 255 Å². The molecule has 0 aliphatic rings. The van der Waals surface area contributed by atoms with Gasteiger partial charge in [-0.25, -0.2) is 14.3 Å². The molecule has 0 aliphatic heterocycles. The number of urea groups is 1. The topological polar surface area (TPSA) is 165 Å². The number of amides is 3. The number of aromatic nitrogens is 3. The summed E-state index contributed by atoms with van der Waals surface area (Å²) in [5.74, 6) is -1.11. The van der Waals surface area contributed by atoms with Gasteiger partial charge < -0.3 is 25.8 Å². The molecule has 43 heavy (non-hydrogen) atoms. The monoisotopic (exact) mass is 624 g/mol. The zero-order valence-corrected chi connectivity index (χ0v) is 24.5. The quantitative estimate of drug-likeness (QED) is 0.198. The highest BCUT2D eigenvalue weighted by Gasteiger charge is 2.17. The number of carbonyl (C=O) groups is 3. The molecular formula is C29H26Cl2N6O6. The molecule has 0 spiro atoms. The third kappa shape index (κ3) is 7.36. The number of methoxy groups -OCH3 is 1. The predicted octanol–water partition coefficient (Wildman–Crippen LogP) is 4.45. The highest BCUT2D eigenvalue weighted by atomic mass is 35.5. The van der Waals surface area contributed by atoms with E-state index in [2.05, 4.69) is 26.0 Å². The van der Waals surface area contributed by atoms with Crippen molar-refractivity contribution in [1.29, 1.82) is 0 Å². The van der Waals surface area contributed by atoms with E-state index < -0.39 is 23.5 Å². The zero-order chi connectivity index (χ0) is 31.1. The number of ether oxygens (including phenoxy) is 1. The highest BCUT2D eigenvalue weighted by Crippen LogP contribution is 2.30. The average molecular weight is 625 g/mol. The van der Waals surface area contributed by atoms with E-state index in [-0.39, 0.29) is 52.2 Å². The largest absolute Gasteiger partial charge is 0.465 e. The summed E-state index contributed by atoms with van der Waals surface area (Å²) in [6.07, 6.45) is 2.63. The molecule has 0 unspecified atom stereocenters. The van der Waals surface area contributed by atoms with E-state index >= 15 is 0 Å². The highest BCUT2D eigenvalue weighted by molar-refractivity contribution is 6.39. The standard InChI is InChI=1S/C29H26Cl2N6O6/c1-3-37-27(40)24(34-29(42)35-25-21(30)14-32-15-22(25)31)13-23(36-37)17-6-4-5-16(9-17)18-10-19(26(39)33-7-8-38)12-20(11-18)28(41)43-2/h4-6,9-15,38H,3,7-8H2,1-2H3,(H,33,39)(H2,32,34,35,42). The first kappa shape index (κ1) is 31.2. The van der Waals surface area contributed by atoms with Crippen molar-refractivity contribution in [2.24, 2.45) is 0 Å². The fourth-order valence-corrected chi connectivity index (χ4v) is 4.53. The third-order valence-corrected chi connectivity index (χ3v) is 6.69. The summed E-state index contributed by atoms with van der Waals surface area (Å²) in [4.78, 5) is 54.6. The Hall–Kier alpha value is -4.78. The first-order valence-corrected chi connectivity index (χ1v) is 13.6. The van der Waals surface area contributed by atoms with Crippen LogP contribution in [0.15, 0.2) is 65.7 Å². The molecule has 0 saturated carbocycles. The van der Waals surface area contributed by atoms with Gasteiger partial charge in [0, 0.05) is 36.6 Å². The summed E-state index contributed by atoms with van der Waals surface area (Å²) in [5, 5.41) is 21.4. The lowest BCUT2D eigenvalue weighted by atomic mass is 9.97. The van der Waals surface area contributed by atoms with Crippen molar-refractivity contribution in [1.82, 2.24) is 20.1 Å². The molecule has 2 aromatic heterocycles. The van der Waals surface area contributed by atoms with Crippen LogP contribution in [0, 0.1) is 0 Å². The van der Waals surface area contributed by atoms with E-state index in [1.165, 1.54) is 36.3 Å². The number of aliphatic hydroxyl groups excluding tert-OH is 1. The van der Waals surface area contributed by atoms with Crippen LogP contribution in [0.4, 0.5) is 16.2 Å². The Balaban J connectivity index is 1.72. The van der Waals surface area contributed by atoms with Crippen molar-refractivity contribution in [3.8, 4) is 22.4 Å². The molecule has 0 atom stereocenters. The van der Waals surface area contributed by atoms with Crippen LogP contribution in [-0.4, -0.2) is 58.0 Å². The number of hydrogen-bond donors (Lipinski definition) is 4. The van der Waals surface area contributed by atoms with Gasteiger partial charge in [0.05, 0.1) is 40.7 Å². The van der Waals surface area contributed by atoms with Crippen LogP contribution in [0.25, 0.3) is 22.4 Å². The molecule has 14 heteroatoms. The fourth-order valence-electron chi connectivity index (χ4n) is 4.08. The van der Waals surface area contributed by atoms with Gasteiger partial charge in [0.15, 0.2) is 0 Å². The minimum atomic E-state index is -0.757. The lowest BCUT2D eigenvalue weighted by molar-refractivity contribution is 0.0600. The molecule has 4 rings (SSSR count). The second-order valence-electron chi connectivity index (χ2n) is 8.97. The maximum absolute atomic E-state index is 13.0. The Kier molecular flexibility index (Phi) is 10.1. The van der Waals surface area contributed by atoms with Gasteiger partial charge in [-0.3, -0.25) is 14.6 Å². The molecule has 0 aliphatic carbocycles. The number of esters is 1. The Bertz CT molecular complexity index is 1740. The van der Waals surface area contributed by atoms with Crippen molar-refractivity contribution in [3.05, 3.63) is 92.5 Å². The second kappa shape index (κ2) is 13.9. The molecular weight excluding hydrogens is 599 g/mol. The van der Waals surface area contributed by atoms with Crippen LogP contribution in [0.1, 0.15) is 27.6 Å². The van der Waals surface area contributed by atoms with Crippen LogP contribution in [-0.2, 0) is 11.3 Å².